The Hall–Kier alpha value is -2.05. The molecule has 0 N–H and O–H groups in total. The number of ketones is 1. The second-order valence-corrected chi connectivity index (χ2v) is 5.06. The van der Waals surface area contributed by atoms with E-state index in [0.29, 0.717) is 0 Å². The number of hydrogen-bond donors (Lipinski definition) is 0. The summed E-state index contributed by atoms with van der Waals surface area (Å²) in [4.78, 5) is 23.5. The van der Waals surface area contributed by atoms with Crippen molar-refractivity contribution in [1.29, 1.82) is 0 Å². The minimum absolute atomic E-state index is 0.0163. The van der Waals surface area contributed by atoms with Crippen LogP contribution in [0.15, 0.2) is 42.5 Å². The van der Waals surface area contributed by atoms with Crippen LogP contribution in [0, 0.1) is 0 Å². The van der Waals surface area contributed by atoms with Gasteiger partial charge in [-0.1, -0.05) is 17.7 Å². The number of carbonyl (C=O) groups excluding carboxylic acids is 2. The highest BCUT2D eigenvalue weighted by Gasteiger charge is 2.31. The number of carbonyl (C=O) groups is 2. The van der Waals surface area contributed by atoms with Crippen molar-refractivity contribution in [3.63, 3.8) is 0 Å². The third-order valence-electron chi connectivity index (χ3n) is 2.81. The van der Waals surface area contributed by atoms with Crippen molar-refractivity contribution in [2.75, 3.05) is 0 Å². The first-order valence-corrected chi connectivity index (χ1v) is 6.83. The summed E-state index contributed by atoms with van der Waals surface area (Å²) in [7, 11) is 0. The van der Waals surface area contributed by atoms with Gasteiger partial charge in [0.25, 0.3) is 5.24 Å². The van der Waals surface area contributed by atoms with E-state index in [4.69, 9.17) is 23.2 Å². The summed E-state index contributed by atoms with van der Waals surface area (Å²) in [5.41, 5.74) is 0.0689. The Bertz CT molecular complexity index is 756. The average Bonchev–Trinajstić information content (AvgIpc) is 2.45. The largest absolute Gasteiger partial charge is 0.573 e. The van der Waals surface area contributed by atoms with Crippen LogP contribution in [0.25, 0.3) is 0 Å². The normalized spacial score (nSPS) is 11.2. The molecule has 0 bridgehead atoms. The molecule has 2 rings (SSSR count). The third-order valence-corrected chi connectivity index (χ3v) is 3.42. The quantitative estimate of drug-likeness (QED) is 0.576. The molecule has 0 spiro atoms. The topological polar surface area (TPSA) is 43.4 Å². The summed E-state index contributed by atoms with van der Waals surface area (Å²) in [6.45, 7) is 0. The van der Waals surface area contributed by atoms with E-state index < -0.39 is 23.1 Å². The molecule has 3 nitrogen and oxygen atoms in total. The van der Waals surface area contributed by atoms with Gasteiger partial charge in [0.2, 0.25) is 0 Å². The molecule has 0 aliphatic rings. The predicted octanol–water partition coefficient (Wildman–Crippen LogP) is 4.85. The monoisotopic (exact) mass is 362 g/mol. The Morgan fingerprint density at radius 2 is 1.52 bits per heavy atom. The van der Waals surface area contributed by atoms with Crippen LogP contribution in [0.3, 0.4) is 0 Å². The third kappa shape index (κ3) is 4.24. The van der Waals surface area contributed by atoms with Crippen molar-refractivity contribution in [3.05, 3.63) is 64.2 Å². The maximum Gasteiger partial charge on any atom is 0.573 e. The number of hydrogen-bond acceptors (Lipinski definition) is 3. The first kappa shape index (κ1) is 17.3. The Kier molecular flexibility index (Phi) is 4.97. The first-order valence-electron chi connectivity index (χ1n) is 6.08. The van der Waals surface area contributed by atoms with E-state index in [9.17, 15) is 22.8 Å². The molecule has 0 unspecified atom stereocenters. The zero-order chi connectivity index (χ0) is 17.2. The van der Waals surface area contributed by atoms with Gasteiger partial charge in [-0.25, -0.2) is 0 Å². The van der Waals surface area contributed by atoms with Gasteiger partial charge in [-0.05, 0) is 48.0 Å². The Morgan fingerprint density at radius 1 is 0.957 bits per heavy atom. The molecule has 2 aromatic carbocycles. The lowest BCUT2D eigenvalue weighted by molar-refractivity contribution is -0.274. The van der Waals surface area contributed by atoms with Crippen molar-refractivity contribution >= 4 is 34.2 Å². The first-order chi connectivity index (χ1) is 10.7. The minimum atomic E-state index is -4.82. The van der Waals surface area contributed by atoms with Crippen molar-refractivity contribution in [2.24, 2.45) is 0 Å². The Morgan fingerprint density at radius 3 is 2.04 bits per heavy atom. The van der Waals surface area contributed by atoms with Gasteiger partial charge in [-0.15, -0.1) is 13.2 Å². The highest BCUT2D eigenvalue weighted by atomic mass is 35.5. The minimum Gasteiger partial charge on any atom is -0.406 e. The Labute approximate surface area is 138 Å². The highest BCUT2D eigenvalue weighted by molar-refractivity contribution is 6.69. The van der Waals surface area contributed by atoms with Crippen molar-refractivity contribution in [3.8, 4) is 5.75 Å². The van der Waals surface area contributed by atoms with Crippen LogP contribution in [0.2, 0.25) is 5.02 Å². The van der Waals surface area contributed by atoms with Gasteiger partial charge >= 0.3 is 6.36 Å². The van der Waals surface area contributed by atoms with Gasteiger partial charge in [0.15, 0.2) is 5.78 Å². The second-order valence-electron chi connectivity index (χ2n) is 4.34. The number of alkyl halides is 3. The predicted molar refractivity (Wildman–Crippen MR) is 78.2 cm³/mol. The molecular weight excluding hydrogens is 356 g/mol. The van der Waals surface area contributed by atoms with E-state index in [1.807, 2.05) is 0 Å². The molecule has 2 aromatic rings. The standard InChI is InChI=1S/C15H7Cl2F3O3/c16-12-10(2-1-3-11(12)14(17)22)13(21)8-4-6-9(7-5-8)23-15(18,19)20/h1-7H. The SMILES string of the molecule is O=C(Cl)c1cccc(C(=O)c2ccc(OC(F)(F)F)cc2)c1Cl. The molecule has 0 amide bonds. The average molecular weight is 363 g/mol. The highest BCUT2D eigenvalue weighted by Crippen LogP contribution is 2.27. The van der Waals surface area contributed by atoms with Crippen LogP contribution < -0.4 is 4.74 Å². The molecule has 120 valence electrons. The summed E-state index contributed by atoms with van der Waals surface area (Å²) < 4.78 is 40.0. The van der Waals surface area contributed by atoms with E-state index in [1.165, 1.54) is 18.2 Å². The maximum absolute atomic E-state index is 12.3. The molecule has 0 heterocycles. The Balaban J connectivity index is 2.31. The van der Waals surface area contributed by atoms with E-state index in [1.54, 1.807) is 0 Å². The van der Waals surface area contributed by atoms with Gasteiger partial charge in [-0.2, -0.15) is 0 Å². The number of benzene rings is 2. The number of ether oxygens (including phenoxy) is 1. The van der Waals surface area contributed by atoms with Gasteiger partial charge < -0.3 is 4.74 Å². The molecule has 0 radical (unpaired) electrons. The maximum atomic E-state index is 12.3. The lowest BCUT2D eigenvalue weighted by atomic mass is 10.0. The molecule has 23 heavy (non-hydrogen) atoms. The van der Waals surface area contributed by atoms with Crippen LogP contribution in [0.1, 0.15) is 26.3 Å². The molecular formula is C15H7Cl2F3O3. The fourth-order valence-corrected chi connectivity index (χ4v) is 2.33. The molecule has 0 saturated heterocycles. The van der Waals surface area contributed by atoms with Crippen LogP contribution in [0.5, 0.6) is 5.75 Å². The van der Waals surface area contributed by atoms with Crippen molar-refractivity contribution in [1.82, 2.24) is 0 Å². The zero-order valence-electron chi connectivity index (χ0n) is 11.2. The van der Waals surface area contributed by atoms with Gasteiger partial charge in [0, 0.05) is 11.1 Å². The van der Waals surface area contributed by atoms with Crippen LogP contribution in [-0.2, 0) is 0 Å². The molecule has 0 aliphatic carbocycles. The summed E-state index contributed by atoms with van der Waals surface area (Å²) in [6, 6.07) is 8.50. The van der Waals surface area contributed by atoms with Crippen LogP contribution in [-0.4, -0.2) is 17.4 Å². The summed E-state index contributed by atoms with van der Waals surface area (Å²) in [5.74, 6) is -1.02. The molecule has 0 fully saturated rings. The zero-order valence-corrected chi connectivity index (χ0v) is 12.7. The van der Waals surface area contributed by atoms with Gasteiger partial charge in [0.05, 0.1) is 10.6 Å². The number of halogens is 5. The molecule has 0 aromatic heterocycles. The summed E-state index contributed by atoms with van der Waals surface area (Å²) in [6.07, 6.45) is -4.82. The molecule has 0 atom stereocenters. The van der Waals surface area contributed by atoms with E-state index >= 15 is 0 Å². The number of rotatable bonds is 4. The second kappa shape index (κ2) is 6.60. The van der Waals surface area contributed by atoms with Crippen molar-refractivity contribution < 1.29 is 27.5 Å². The van der Waals surface area contributed by atoms with E-state index in [0.717, 1.165) is 24.3 Å². The van der Waals surface area contributed by atoms with Gasteiger partial charge in [0.1, 0.15) is 5.75 Å². The van der Waals surface area contributed by atoms with E-state index in [-0.39, 0.29) is 21.7 Å². The van der Waals surface area contributed by atoms with Crippen molar-refractivity contribution in [2.45, 2.75) is 6.36 Å². The van der Waals surface area contributed by atoms with Crippen LogP contribution in [0.4, 0.5) is 13.2 Å². The summed E-state index contributed by atoms with van der Waals surface area (Å²) in [5, 5.41) is -0.938. The molecule has 0 saturated carbocycles. The molecule has 8 heteroatoms. The van der Waals surface area contributed by atoms with Crippen LogP contribution >= 0.6 is 23.2 Å². The molecule has 0 aliphatic heterocycles. The fourth-order valence-electron chi connectivity index (χ4n) is 1.82. The van der Waals surface area contributed by atoms with Gasteiger partial charge in [-0.3, -0.25) is 9.59 Å². The van der Waals surface area contributed by atoms with E-state index in [2.05, 4.69) is 4.74 Å². The lowest BCUT2D eigenvalue weighted by Crippen LogP contribution is -2.17. The fraction of sp³-hybridized carbons (Fsp3) is 0.0667. The summed E-state index contributed by atoms with van der Waals surface area (Å²) >= 11 is 11.3. The smallest absolute Gasteiger partial charge is 0.406 e. The lowest BCUT2D eigenvalue weighted by Gasteiger charge is -2.10.